The van der Waals surface area contributed by atoms with Crippen LogP contribution in [0.4, 0.5) is 5.69 Å². The number of carbonyl (C=O) groups excluding carboxylic acids is 1. The Morgan fingerprint density at radius 3 is 2.57 bits per heavy atom. The zero-order valence-electron chi connectivity index (χ0n) is 12.3. The van der Waals surface area contributed by atoms with Crippen LogP contribution in [0.5, 0.6) is 0 Å². The molecule has 0 bridgehead atoms. The molecule has 5 nitrogen and oxygen atoms in total. The van der Waals surface area contributed by atoms with Crippen molar-refractivity contribution in [1.29, 1.82) is 0 Å². The molecule has 1 fully saturated rings. The van der Waals surface area contributed by atoms with Gasteiger partial charge in [0.25, 0.3) is 0 Å². The third-order valence-corrected chi connectivity index (χ3v) is 4.88. The van der Waals surface area contributed by atoms with E-state index in [-0.39, 0.29) is 11.9 Å². The van der Waals surface area contributed by atoms with Gasteiger partial charge in [-0.05, 0) is 44.4 Å². The van der Waals surface area contributed by atoms with Crippen molar-refractivity contribution in [3.63, 3.8) is 0 Å². The van der Waals surface area contributed by atoms with Crippen LogP contribution in [0.2, 0.25) is 5.02 Å². The van der Waals surface area contributed by atoms with Crippen molar-refractivity contribution in [2.75, 3.05) is 10.6 Å². The first-order chi connectivity index (χ1) is 9.70. The Kier molecular flexibility index (Phi) is 4.49. The number of hydrogen-bond acceptors (Lipinski definition) is 3. The summed E-state index contributed by atoms with van der Waals surface area (Å²) < 4.78 is 25.4. The molecule has 1 atom stereocenters. The van der Waals surface area contributed by atoms with Crippen LogP contribution in [0.25, 0.3) is 0 Å². The molecule has 1 aliphatic rings. The van der Waals surface area contributed by atoms with Gasteiger partial charge in [0.05, 0.1) is 11.9 Å². The lowest BCUT2D eigenvalue weighted by atomic mass is 10.2. The number of nitrogens with zero attached hydrogens (tertiary/aromatic N) is 1. The molecule has 0 heterocycles. The minimum Gasteiger partial charge on any atom is -0.352 e. The van der Waals surface area contributed by atoms with Crippen molar-refractivity contribution < 1.29 is 13.2 Å². The number of carbonyl (C=O) groups is 1. The first-order valence-electron chi connectivity index (χ1n) is 6.76. The Morgan fingerprint density at radius 2 is 2.05 bits per heavy atom. The Hall–Kier alpha value is -1.27. The molecule has 1 aromatic rings. The van der Waals surface area contributed by atoms with E-state index in [9.17, 15) is 13.2 Å². The average molecular weight is 331 g/mol. The smallest absolute Gasteiger partial charge is 0.243 e. The number of benzene rings is 1. The number of nitrogens with one attached hydrogen (secondary N) is 1. The van der Waals surface area contributed by atoms with Gasteiger partial charge in [-0.15, -0.1) is 0 Å². The van der Waals surface area contributed by atoms with Gasteiger partial charge in [0, 0.05) is 11.1 Å². The van der Waals surface area contributed by atoms with E-state index < -0.39 is 16.1 Å². The summed E-state index contributed by atoms with van der Waals surface area (Å²) in [6, 6.07) is 4.36. The van der Waals surface area contributed by atoms with Gasteiger partial charge in [0.15, 0.2) is 0 Å². The van der Waals surface area contributed by atoms with Gasteiger partial charge in [-0.1, -0.05) is 17.7 Å². The first-order valence-corrected chi connectivity index (χ1v) is 8.98. The van der Waals surface area contributed by atoms with Crippen LogP contribution in [-0.4, -0.2) is 32.7 Å². The maximum absolute atomic E-state index is 12.2. The van der Waals surface area contributed by atoms with Crippen LogP contribution < -0.4 is 9.62 Å². The molecular weight excluding hydrogens is 312 g/mol. The fourth-order valence-corrected chi connectivity index (χ4v) is 3.54. The standard InChI is InChI=1S/C14H19ClN2O3S/c1-9-4-5-11(15)8-13(9)17(21(3,19)20)10(2)14(18)16-12-6-7-12/h4-5,8,10,12H,6-7H2,1-3H3,(H,16,18). The molecule has 0 aliphatic heterocycles. The number of anilines is 1. The van der Waals surface area contributed by atoms with Gasteiger partial charge < -0.3 is 5.32 Å². The SMILES string of the molecule is Cc1ccc(Cl)cc1N(C(C)C(=O)NC1CC1)S(C)(=O)=O. The zero-order valence-corrected chi connectivity index (χ0v) is 13.8. The summed E-state index contributed by atoms with van der Waals surface area (Å²) in [5, 5.41) is 3.26. The maximum Gasteiger partial charge on any atom is 0.243 e. The fourth-order valence-electron chi connectivity index (χ4n) is 2.15. The molecule has 21 heavy (non-hydrogen) atoms. The summed E-state index contributed by atoms with van der Waals surface area (Å²) in [5.41, 5.74) is 1.18. The first kappa shape index (κ1) is 16.1. The van der Waals surface area contributed by atoms with Crippen molar-refractivity contribution in [3.05, 3.63) is 28.8 Å². The summed E-state index contributed by atoms with van der Waals surface area (Å²) in [6.45, 7) is 3.37. The van der Waals surface area contributed by atoms with Gasteiger partial charge in [-0.2, -0.15) is 0 Å². The number of aryl methyl sites for hydroxylation is 1. The second kappa shape index (κ2) is 5.85. The van der Waals surface area contributed by atoms with Crippen LogP contribution in [0.15, 0.2) is 18.2 Å². The topological polar surface area (TPSA) is 66.5 Å². The van der Waals surface area contributed by atoms with Crippen molar-refractivity contribution in [1.82, 2.24) is 5.32 Å². The molecule has 1 amide bonds. The van der Waals surface area contributed by atoms with Crippen LogP contribution >= 0.6 is 11.6 Å². The number of halogens is 1. The van der Waals surface area contributed by atoms with Gasteiger partial charge in [0.1, 0.15) is 6.04 Å². The number of hydrogen-bond donors (Lipinski definition) is 1. The average Bonchev–Trinajstić information content (AvgIpc) is 3.16. The lowest BCUT2D eigenvalue weighted by Crippen LogP contribution is -2.48. The Bertz CT molecular complexity index is 656. The second-order valence-corrected chi connectivity index (χ2v) is 7.74. The molecule has 1 aliphatic carbocycles. The minimum atomic E-state index is -3.60. The number of sulfonamides is 1. The highest BCUT2D eigenvalue weighted by Gasteiger charge is 2.33. The monoisotopic (exact) mass is 330 g/mol. The van der Waals surface area contributed by atoms with E-state index in [1.165, 1.54) is 0 Å². The molecule has 0 radical (unpaired) electrons. The van der Waals surface area contributed by atoms with Crippen molar-refractivity contribution in [2.45, 2.75) is 38.8 Å². The van der Waals surface area contributed by atoms with Crippen LogP contribution in [-0.2, 0) is 14.8 Å². The van der Waals surface area contributed by atoms with E-state index in [2.05, 4.69) is 5.32 Å². The molecule has 1 aromatic carbocycles. The van der Waals surface area contributed by atoms with E-state index in [1.54, 1.807) is 32.0 Å². The highest BCUT2D eigenvalue weighted by molar-refractivity contribution is 7.92. The van der Waals surface area contributed by atoms with Crippen molar-refractivity contribution in [2.24, 2.45) is 0 Å². The van der Waals surface area contributed by atoms with Gasteiger partial charge in [-0.3, -0.25) is 9.10 Å². The minimum absolute atomic E-state index is 0.182. The summed E-state index contributed by atoms with van der Waals surface area (Å²) in [5.74, 6) is -0.290. The number of rotatable bonds is 5. The third-order valence-electron chi connectivity index (χ3n) is 3.42. The van der Waals surface area contributed by atoms with Crippen molar-refractivity contribution in [3.8, 4) is 0 Å². The Morgan fingerprint density at radius 1 is 1.43 bits per heavy atom. The highest BCUT2D eigenvalue weighted by atomic mass is 35.5. The van der Waals surface area contributed by atoms with E-state index in [0.717, 1.165) is 29.0 Å². The molecule has 1 N–H and O–H groups in total. The second-order valence-electron chi connectivity index (χ2n) is 5.45. The molecule has 0 spiro atoms. The van der Waals surface area contributed by atoms with Crippen LogP contribution in [0.3, 0.4) is 0 Å². The van der Waals surface area contributed by atoms with Crippen molar-refractivity contribution >= 4 is 33.2 Å². The summed E-state index contributed by atoms with van der Waals surface area (Å²) >= 11 is 5.97. The zero-order chi connectivity index (χ0) is 15.8. The van der Waals surface area contributed by atoms with E-state index in [1.807, 2.05) is 0 Å². The molecule has 116 valence electrons. The van der Waals surface area contributed by atoms with E-state index in [0.29, 0.717) is 10.7 Å². The summed E-state index contributed by atoms with van der Waals surface area (Å²) in [6.07, 6.45) is 3.00. The lowest BCUT2D eigenvalue weighted by molar-refractivity contribution is -0.121. The molecule has 0 aromatic heterocycles. The highest BCUT2D eigenvalue weighted by Crippen LogP contribution is 2.28. The largest absolute Gasteiger partial charge is 0.352 e. The molecular formula is C14H19ClN2O3S. The maximum atomic E-state index is 12.2. The predicted molar refractivity (Wildman–Crippen MR) is 84.1 cm³/mol. The van der Waals surface area contributed by atoms with Gasteiger partial charge in [0.2, 0.25) is 15.9 Å². The van der Waals surface area contributed by atoms with Gasteiger partial charge in [-0.25, -0.2) is 8.42 Å². The molecule has 1 saturated carbocycles. The fraction of sp³-hybridized carbons (Fsp3) is 0.500. The molecule has 0 saturated heterocycles. The van der Waals surface area contributed by atoms with Crippen LogP contribution in [0, 0.1) is 6.92 Å². The van der Waals surface area contributed by atoms with E-state index in [4.69, 9.17) is 11.6 Å². The quantitative estimate of drug-likeness (QED) is 0.899. The van der Waals surface area contributed by atoms with Crippen LogP contribution in [0.1, 0.15) is 25.3 Å². The summed E-state index contributed by atoms with van der Waals surface area (Å²) in [4.78, 5) is 12.2. The Labute approximate surface area is 130 Å². The number of amides is 1. The van der Waals surface area contributed by atoms with E-state index >= 15 is 0 Å². The molecule has 1 unspecified atom stereocenters. The summed E-state index contributed by atoms with van der Waals surface area (Å²) in [7, 11) is -3.60. The lowest BCUT2D eigenvalue weighted by Gasteiger charge is -2.29. The van der Waals surface area contributed by atoms with Gasteiger partial charge >= 0.3 is 0 Å². The third kappa shape index (κ3) is 3.89. The Balaban J connectivity index is 2.38. The molecule has 2 rings (SSSR count). The predicted octanol–water partition coefficient (Wildman–Crippen LogP) is 2.08. The normalized spacial score (nSPS) is 16.4. The molecule has 7 heteroatoms.